The highest BCUT2D eigenvalue weighted by molar-refractivity contribution is 4.52. The Morgan fingerprint density at radius 2 is 1.18 bits per heavy atom. The molecule has 1 atom stereocenters. The second-order valence-electron chi connectivity index (χ2n) is 5.16. The molecular formula is C15H33NO. The summed E-state index contributed by atoms with van der Waals surface area (Å²) in [6.07, 6.45) is 15.3. The summed E-state index contributed by atoms with van der Waals surface area (Å²) in [6.45, 7) is 3.02. The maximum atomic E-state index is 5.46. The first-order valence-corrected chi connectivity index (χ1v) is 7.54. The van der Waals surface area contributed by atoms with Crippen LogP contribution in [-0.2, 0) is 4.74 Å². The van der Waals surface area contributed by atoms with Gasteiger partial charge in [0.1, 0.15) is 0 Å². The maximum absolute atomic E-state index is 5.46. The van der Waals surface area contributed by atoms with E-state index in [1.807, 2.05) is 0 Å². The molecule has 0 amide bonds. The lowest BCUT2D eigenvalue weighted by Gasteiger charge is -2.08. The molecule has 0 aromatic rings. The van der Waals surface area contributed by atoms with E-state index < -0.39 is 0 Å². The summed E-state index contributed by atoms with van der Waals surface area (Å²) in [5.74, 6) is 0. The molecule has 0 spiro atoms. The minimum absolute atomic E-state index is 0.442. The second-order valence-corrected chi connectivity index (χ2v) is 5.16. The van der Waals surface area contributed by atoms with E-state index in [9.17, 15) is 0 Å². The van der Waals surface area contributed by atoms with Crippen LogP contribution < -0.4 is 5.73 Å². The van der Waals surface area contributed by atoms with Crippen LogP contribution in [-0.4, -0.2) is 19.8 Å². The highest BCUT2D eigenvalue weighted by Gasteiger charge is 1.98. The molecule has 0 aromatic carbocycles. The number of ether oxygens (including phenoxy) is 1. The zero-order valence-corrected chi connectivity index (χ0v) is 12.0. The molecule has 0 aliphatic heterocycles. The molecule has 2 heteroatoms. The van der Waals surface area contributed by atoms with Crippen molar-refractivity contribution in [2.24, 2.45) is 5.73 Å². The lowest BCUT2D eigenvalue weighted by Crippen LogP contribution is -2.03. The van der Waals surface area contributed by atoms with Gasteiger partial charge in [0.2, 0.25) is 0 Å². The predicted molar refractivity (Wildman–Crippen MR) is 76.3 cm³/mol. The molecule has 0 bridgehead atoms. The smallest absolute Gasteiger partial charge is 0.0543 e. The van der Waals surface area contributed by atoms with E-state index in [0.29, 0.717) is 6.10 Å². The Hall–Kier alpha value is -0.0800. The van der Waals surface area contributed by atoms with E-state index in [1.165, 1.54) is 70.6 Å². The molecule has 2 N–H and O–H groups in total. The van der Waals surface area contributed by atoms with Crippen molar-refractivity contribution >= 4 is 0 Å². The van der Waals surface area contributed by atoms with Crippen molar-refractivity contribution in [2.75, 3.05) is 13.7 Å². The fourth-order valence-electron chi connectivity index (χ4n) is 2.11. The Morgan fingerprint density at radius 1 is 0.765 bits per heavy atom. The second kappa shape index (κ2) is 14.0. The van der Waals surface area contributed by atoms with E-state index in [-0.39, 0.29) is 0 Å². The molecule has 0 aliphatic carbocycles. The van der Waals surface area contributed by atoms with Gasteiger partial charge < -0.3 is 10.5 Å². The molecule has 2 nitrogen and oxygen atoms in total. The van der Waals surface area contributed by atoms with Crippen LogP contribution in [0, 0.1) is 0 Å². The van der Waals surface area contributed by atoms with Crippen LogP contribution in [0.2, 0.25) is 0 Å². The number of methoxy groups -OCH3 is 1. The largest absolute Gasteiger partial charge is 0.382 e. The standard InChI is InChI=1S/C15H33NO/c1-15(17-2)13-11-9-7-5-3-4-6-8-10-12-14-16/h15H,3-14,16H2,1-2H3. The van der Waals surface area contributed by atoms with E-state index >= 15 is 0 Å². The van der Waals surface area contributed by atoms with Gasteiger partial charge in [-0.2, -0.15) is 0 Å². The maximum Gasteiger partial charge on any atom is 0.0543 e. The number of nitrogens with two attached hydrogens (primary N) is 1. The van der Waals surface area contributed by atoms with Crippen molar-refractivity contribution in [3.05, 3.63) is 0 Å². The number of unbranched alkanes of at least 4 members (excludes halogenated alkanes) is 9. The normalized spacial score (nSPS) is 12.9. The molecule has 104 valence electrons. The lowest BCUT2D eigenvalue weighted by molar-refractivity contribution is 0.108. The van der Waals surface area contributed by atoms with Crippen LogP contribution in [0.5, 0.6) is 0 Å². The summed E-state index contributed by atoms with van der Waals surface area (Å²) in [5.41, 5.74) is 5.46. The Balaban J connectivity index is 2.94. The van der Waals surface area contributed by atoms with Gasteiger partial charge in [0.15, 0.2) is 0 Å². The molecule has 0 heterocycles. The topological polar surface area (TPSA) is 35.2 Å². The highest BCUT2D eigenvalue weighted by atomic mass is 16.5. The molecule has 0 saturated heterocycles. The fourth-order valence-corrected chi connectivity index (χ4v) is 2.11. The van der Waals surface area contributed by atoms with E-state index in [0.717, 1.165) is 6.54 Å². The molecule has 0 aromatic heterocycles. The molecule has 1 unspecified atom stereocenters. The van der Waals surface area contributed by atoms with Crippen LogP contribution in [0.1, 0.15) is 77.6 Å². The van der Waals surface area contributed by atoms with Crippen molar-refractivity contribution in [3.8, 4) is 0 Å². The lowest BCUT2D eigenvalue weighted by atomic mass is 10.0. The van der Waals surface area contributed by atoms with E-state index in [1.54, 1.807) is 7.11 Å². The van der Waals surface area contributed by atoms with Crippen LogP contribution in [0.3, 0.4) is 0 Å². The Bertz CT molecular complexity index is 139. The van der Waals surface area contributed by atoms with Gasteiger partial charge in [0, 0.05) is 7.11 Å². The number of hydrogen-bond acceptors (Lipinski definition) is 2. The molecule has 17 heavy (non-hydrogen) atoms. The van der Waals surface area contributed by atoms with Crippen LogP contribution in [0.4, 0.5) is 0 Å². The third-order valence-electron chi connectivity index (χ3n) is 3.47. The predicted octanol–water partition coefficient (Wildman–Crippen LogP) is 4.27. The Morgan fingerprint density at radius 3 is 1.59 bits per heavy atom. The van der Waals surface area contributed by atoms with Crippen molar-refractivity contribution in [1.29, 1.82) is 0 Å². The van der Waals surface area contributed by atoms with Gasteiger partial charge in [0.25, 0.3) is 0 Å². The summed E-state index contributed by atoms with van der Waals surface area (Å²) in [6, 6.07) is 0. The van der Waals surface area contributed by atoms with E-state index in [2.05, 4.69) is 6.92 Å². The molecule has 0 rings (SSSR count). The first kappa shape index (κ1) is 16.9. The van der Waals surface area contributed by atoms with Crippen molar-refractivity contribution in [2.45, 2.75) is 83.7 Å². The van der Waals surface area contributed by atoms with Crippen LogP contribution in [0.15, 0.2) is 0 Å². The van der Waals surface area contributed by atoms with Gasteiger partial charge >= 0.3 is 0 Å². The monoisotopic (exact) mass is 243 g/mol. The van der Waals surface area contributed by atoms with E-state index in [4.69, 9.17) is 10.5 Å². The van der Waals surface area contributed by atoms with Gasteiger partial charge in [-0.15, -0.1) is 0 Å². The number of hydrogen-bond donors (Lipinski definition) is 1. The zero-order valence-electron chi connectivity index (χ0n) is 12.0. The average molecular weight is 243 g/mol. The van der Waals surface area contributed by atoms with Crippen LogP contribution >= 0.6 is 0 Å². The quantitative estimate of drug-likeness (QED) is 0.490. The average Bonchev–Trinajstić information content (AvgIpc) is 2.35. The van der Waals surface area contributed by atoms with Crippen molar-refractivity contribution in [1.82, 2.24) is 0 Å². The minimum Gasteiger partial charge on any atom is -0.382 e. The van der Waals surface area contributed by atoms with Crippen molar-refractivity contribution in [3.63, 3.8) is 0 Å². The molecule has 0 aliphatic rings. The molecule has 0 saturated carbocycles. The van der Waals surface area contributed by atoms with Gasteiger partial charge in [-0.25, -0.2) is 0 Å². The molecular weight excluding hydrogens is 210 g/mol. The Kier molecular flexibility index (Phi) is 13.9. The summed E-state index contributed by atoms with van der Waals surface area (Å²) in [5, 5.41) is 0. The minimum atomic E-state index is 0.442. The Labute approximate surface area is 108 Å². The fraction of sp³-hybridized carbons (Fsp3) is 1.00. The first-order valence-electron chi connectivity index (χ1n) is 7.54. The third-order valence-corrected chi connectivity index (χ3v) is 3.47. The van der Waals surface area contributed by atoms with Gasteiger partial charge in [-0.1, -0.05) is 57.8 Å². The van der Waals surface area contributed by atoms with Gasteiger partial charge in [-0.05, 0) is 26.3 Å². The first-order chi connectivity index (χ1) is 8.31. The SMILES string of the molecule is COC(C)CCCCCCCCCCCCN. The summed E-state index contributed by atoms with van der Waals surface area (Å²) >= 11 is 0. The summed E-state index contributed by atoms with van der Waals surface area (Å²) in [4.78, 5) is 0. The number of rotatable bonds is 13. The summed E-state index contributed by atoms with van der Waals surface area (Å²) < 4.78 is 5.23. The van der Waals surface area contributed by atoms with Gasteiger partial charge in [0.05, 0.1) is 6.10 Å². The van der Waals surface area contributed by atoms with Gasteiger partial charge in [-0.3, -0.25) is 0 Å². The highest BCUT2D eigenvalue weighted by Crippen LogP contribution is 2.12. The zero-order chi connectivity index (χ0) is 12.8. The van der Waals surface area contributed by atoms with Crippen molar-refractivity contribution < 1.29 is 4.74 Å². The third kappa shape index (κ3) is 13.9. The summed E-state index contributed by atoms with van der Waals surface area (Å²) in [7, 11) is 1.80. The molecule has 0 radical (unpaired) electrons. The molecule has 0 fully saturated rings. The van der Waals surface area contributed by atoms with Crippen LogP contribution in [0.25, 0.3) is 0 Å².